The lowest BCUT2D eigenvalue weighted by Crippen LogP contribution is -2.38. The van der Waals surface area contributed by atoms with Gasteiger partial charge in [0.1, 0.15) is 6.61 Å². The lowest BCUT2D eigenvalue weighted by molar-refractivity contribution is -0.0286. The van der Waals surface area contributed by atoms with Crippen molar-refractivity contribution in [1.82, 2.24) is 0 Å². The molecular formula is C20H18Cl2O4. The SMILES string of the molecule is C=C(C)C(C)(COC(=O)c1ccc(Cl)cc1)OC(=O)c1ccc(Cl)cc1. The predicted octanol–water partition coefficient (Wildman–Crippen LogP) is 5.34. The summed E-state index contributed by atoms with van der Waals surface area (Å²) in [6.45, 7) is 7.02. The average molecular weight is 393 g/mol. The van der Waals surface area contributed by atoms with Crippen molar-refractivity contribution in [2.24, 2.45) is 0 Å². The van der Waals surface area contributed by atoms with E-state index in [1.54, 1.807) is 62.4 Å². The Labute approximate surface area is 162 Å². The number of ether oxygens (including phenoxy) is 2. The minimum Gasteiger partial charge on any atom is -0.457 e. The fraction of sp³-hybridized carbons (Fsp3) is 0.200. The van der Waals surface area contributed by atoms with E-state index in [0.29, 0.717) is 26.7 Å². The van der Waals surface area contributed by atoms with Gasteiger partial charge in [-0.1, -0.05) is 29.8 Å². The number of hydrogen-bond acceptors (Lipinski definition) is 4. The van der Waals surface area contributed by atoms with Crippen molar-refractivity contribution >= 4 is 35.1 Å². The van der Waals surface area contributed by atoms with Crippen LogP contribution in [0.15, 0.2) is 60.7 Å². The summed E-state index contributed by atoms with van der Waals surface area (Å²) >= 11 is 11.6. The summed E-state index contributed by atoms with van der Waals surface area (Å²) in [5.41, 5.74) is 0.0656. The first-order valence-corrected chi connectivity index (χ1v) is 8.54. The molecule has 0 aliphatic rings. The highest BCUT2D eigenvalue weighted by Gasteiger charge is 2.32. The molecule has 1 atom stereocenters. The standard InChI is InChI=1S/C20H18Cl2O4/c1-13(2)20(3,26-19(24)15-6-10-17(22)11-7-15)12-25-18(23)14-4-8-16(21)9-5-14/h4-11H,1,12H2,2-3H3. The van der Waals surface area contributed by atoms with Gasteiger partial charge in [0.2, 0.25) is 0 Å². The molecule has 0 fully saturated rings. The van der Waals surface area contributed by atoms with Crippen molar-refractivity contribution in [3.63, 3.8) is 0 Å². The van der Waals surface area contributed by atoms with Crippen LogP contribution in [0.1, 0.15) is 34.6 Å². The van der Waals surface area contributed by atoms with Crippen LogP contribution in [0.4, 0.5) is 0 Å². The van der Waals surface area contributed by atoms with Gasteiger partial charge in [-0.2, -0.15) is 0 Å². The molecule has 0 aliphatic carbocycles. The van der Waals surface area contributed by atoms with Crippen LogP contribution in [0.3, 0.4) is 0 Å². The number of carbonyl (C=O) groups excluding carboxylic acids is 2. The van der Waals surface area contributed by atoms with Crippen LogP contribution < -0.4 is 0 Å². The maximum absolute atomic E-state index is 12.4. The highest BCUT2D eigenvalue weighted by Crippen LogP contribution is 2.23. The quantitative estimate of drug-likeness (QED) is 0.491. The Morgan fingerprint density at radius 1 is 0.923 bits per heavy atom. The van der Waals surface area contributed by atoms with Crippen LogP contribution in [-0.4, -0.2) is 24.1 Å². The second-order valence-electron chi connectivity index (χ2n) is 5.99. The Bertz CT molecular complexity index is 813. The van der Waals surface area contributed by atoms with Crippen LogP contribution in [0.5, 0.6) is 0 Å². The second-order valence-corrected chi connectivity index (χ2v) is 6.86. The molecule has 1 unspecified atom stereocenters. The molecule has 0 saturated carbocycles. The van der Waals surface area contributed by atoms with Gasteiger partial charge in [-0.15, -0.1) is 0 Å². The van der Waals surface area contributed by atoms with Crippen molar-refractivity contribution in [3.8, 4) is 0 Å². The summed E-state index contributed by atoms with van der Waals surface area (Å²) in [6, 6.07) is 12.6. The first-order chi connectivity index (χ1) is 12.2. The minimum absolute atomic E-state index is 0.164. The number of hydrogen-bond donors (Lipinski definition) is 0. The third-order valence-electron chi connectivity index (χ3n) is 3.86. The third kappa shape index (κ3) is 5.10. The smallest absolute Gasteiger partial charge is 0.339 e. The van der Waals surface area contributed by atoms with Crippen LogP contribution in [0.25, 0.3) is 0 Å². The molecule has 4 nitrogen and oxygen atoms in total. The first-order valence-electron chi connectivity index (χ1n) is 7.79. The maximum Gasteiger partial charge on any atom is 0.339 e. The molecule has 0 aliphatic heterocycles. The van der Waals surface area contributed by atoms with Crippen LogP contribution in [-0.2, 0) is 9.47 Å². The van der Waals surface area contributed by atoms with E-state index in [0.717, 1.165) is 0 Å². The normalized spacial score (nSPS) is 12.8. The van der Waals surface area contributed by atoms with E-state index in [4.69, 9.17) is 32.7 Å². The van der Waals surface area contributed by atoms with Crippen LogP contribution in [0, 0.1) is 0 Å². The molecule has 2 rings (SSSR count). The Balaban J connectivity index is 2.07. The second kappa shape index (κ2) is 8.39. The molecular weight excluding hydrogens is 375 g/mol. The summed E-state index contributed by atoms with van der Waals surface area (Å²) in [4.78, 5) is 24.5. The lowest BCUT2D eigenvalue weighted by atomic mass is 9.99. The van der Waals surface area contributed by atoms with Gasteiger partial charge in [-0.3, -0.25) is 0 Å². The third-order valence-corrected chi connectivity index (χ3v) is 4.36. The molecule has 0 aromatic heterocycles. The molecule has 136 valence electrons. The summed E-state index contributed by atoms with van der Waals surface area (Å²) in [6.07, 6.45) is 0. The van der Waals surface area contributed by atoms with Crippen molar-refractivity contribution in [2.45, 2.75) is 19.4 Å². The largest absolute Gasteiger partial charge is 0.457 e. The molecule has 0 saturated heterocycles. The summed E-state index contributed by atoms with van der Waals surface area (Å²) in [5, 5.41) is 1.03. The highest BCUT2D eigenvalue weighted by molar-refractivity contribution is 6.30. The Kier molecular flexibility index (Phi) is 6.46. The van der Waals surface area contributed by atoms with Crippen molar-refractivity contribution in [1.29, 1.82) is 0 Å². The number of benzene rings is 2. The summed E-state index contributed by atoms with van der Waals surface area (Å²) < 4.78 is 10.9. The van der Waals surface area contributed by atoms with Gasteiger partial charge >= 0.3 is 11.9 Å². The summed E-state index contributed by atoms with van der Waals surface area (Å²) in [7, 11) is 0. The zero-order valence-corrected chi connectivity index (χ0v) is 15.9. The molecule has 0 bridgehead atoms. The zero-order valence-electron chi connectivity index (χ0n) is 14.4. The fourth-order valence-electron chi connectivity index (χ4n) is 1.96. The van der Waals surface area contributed by atoms with Gasteiger partial charge in [0, 0.05) is 10.0 Å². The lowest BCUT2D eigenvalue weighted by Gasteiger charge is -2.29. The maximum atomic E-state index is 12.4. The molecule has 0 heterocycles. The molecule has 6 heteroatoms. The molecule has 2 aromatic carbocycles. The number of rotatable bonds is 6. The summed E-state index contributed by atoms with van der Waals surface area (Å²) in [5.74, 6) is -1.11. The average Bonchev–Trinajstić information content (AvgIpc) is 2.60. The zero-order chi connectivity index (χ0) is 19.3. The topological polar surface area (TPSA) is 52.6 Å². The van der Waals surface area contributed by atoms with Gasteiger partial charge in [0.25, 0.3) is 0 Å². The Hall–Kier alpha value is -2.30. The van der Waals surface area contributed by atoms with Gasteiger partial charge in [-0.05, 0) is 68.0 Å². The van der Waals surface area contributed by atoms with Crippen molar-refractivity contribution in [2.75, 3.05) is 6.61 Å². The van der Waals surface area contributed by atoms with Crippen LogP contribution in [0.2, 0.25) is 10.0 Å². The van der Waals surface area contributed by atoms with E-state index in [9.17, 15) is 9.59 Å². The molecule has 26 heavy (non-hydrogen) atoms. The Morgan fingerprint density at radius 2 is 1.35 bits per heavy atom. The van der Waals surface area contributed by atoms with Gasteiger partial charge in [-0.25, -0.2) is 9.59 Å². The van der Waals surface area contributed by atoms with Gasteiger partial charge < -0.3 is 9.47 Å². The van der Waals surface area contributed by atoms with E-state index in [-0.39, 0.29) is 6.61 Å². The Morgan fingerprint density at radius 3 is 1.77 bits per heavy atom. The molecule has 2 aromatic rings. The predicted molar refractivity (Wildman–Crippen MR) is 102 cm³/mol. The van der Waals surface area contributed by atoms with E-state index in [1.165, 1.54) is 0 Å². The first kappa shape index (κ1) is 20.0. The number of halogens is 2. The molecule has 0 N–H and O–H groups in total. The van der Waals surface area contributed by atoms with Crippen LogP contribution >= 0.6 is 23.2 Å². The monoisotopic (exact) mass is 392 g/mol. The van der Waals surface area contributed by atoms with Gasteiger partial charge in [0.05, 0.1) is 11.1 Å². The van der Waals surface area contributed by atoms with E-state index >= 15 is 0 Å². The molecule has 0 spiro atoms. The van der Waals surface area contributed by atoms with E-state index in [1.807, 2.05) is 0 Å². The van der Waals surface area contributed by atoms with Gasteiger partial charge in [0.15, 0.2) is 5.60 Å². The van der Waals surface area contributed by atoms with E-state index < -0.39 is 17.5 Å². The van der Waals surface area contributed by atoms with Crippen molar-refractivity contribution < 1.29 is 19.1 Å². The van der Waals surface area contributed by atoms with Crippen molar-refractivity contribution in [3.05, 3.63) is 81.9 Å². The van der Waals surface area contributed by atoms with E-state index in [2.05, 4.69) is 6.58 Å². The minimum atomic E-state index is -1.17. The number of carbonyl (C=O) groups is 2. The highest BCUT2D eigenvalue weighted by atomic mass is 35.5. The molecule has 0 amide bonds. The molecule has 0 radical (unpaired) electrons. The fourth-order valence-corrected chi connectivity index (χ4v) is 2.21. The number of esters is 2.